The maximum atomic E-state index is 12.5. The van der Waals surface area contributed by atoms with E-state index in [9.17, 15) is 4.79 Å². The van der Waals surface area contributed by atoms with Gasteiger partial charge in [-0.25, -0.2) is 0 Å². The topological polar surface area (TPSA) is 77.6 Å². The molecule has 142 valence electrons. The molecule has 1 heterocycles. The lowest BCUT2D eigenvalue weighted by Gasteiger charge is -2.25. The van der Waals surface area contributed by atoms with Gasteiger partial charge in [-0.1, -0.05) is 6.07 Å². The number of aryl methyl sites for hydroxylation is 2. The molecule has 0 saturated carbocycles. The largest absolute Gasteiger partial charge is 0.396 e. The van der Waals surface area contributed by atoms with Gasteiger partial charge in [0, 0.05) is 43.3 Å². The molecule has 1 aromatic heterocycles. The molecule has 1 aromatic carbocycles. The van der Waals surface area contributed by atoms with Crippen LogP contribution in [-0.4, -0.2) is 53.5 Å². The molecular weight excluding hydrogens is 350 g/mol. The molecule has 0 atom stereocenters. The van der Waals surface area contributed by atoms with Gasteiger partial charge < -0.3 is 25.0 Å². The van der Waals surface area contributed by atoms with E-state index in [1.165, 1.54) is 0 Å². The second kappa shape index (κ2) is 9.66. The van der Waals surface area contributed by atoms with E-state index in [0.29, 0.717) is 43.3 Å². The maximum Gasteiger partial charge on any atom is 0.253 e. The SMILES string of the molecule is COCCNC(=S)N(CCCO)Cc1cc2c(C)cc(C)cc2[nH]c1=O. The summed E-state index contributed by atoms with van der Waals surface area (Å²) in [5.74, 6) is 0. The highest BCUT2D eigenvalue weighted by molar-refractivity contribution is 7.80. The van der Waals surface area contributed by atoms with E-state index in [1.807, 2.05) is 30.9 Å². The van der Waals surface area contributed by atoms with Crippen molar-refractivity contribution in [3.63, 3.8) is 0 Å². The van der Waals surface area contributed by atoms with Crippen molar-refractivity contribution in [3.8, 4) is 0 Å². The molecule has 0 aliphatic carbocycles. The van der Waals surface area contributed by atoms with Crippen molar-refractivity contribution in [2.24, 2.45) is 0 Å². The van der Waals surface area contributed by atoms with Crippen molar-refractivity contribution in [3.05, 3.63) is 45.2 Å². The van der Waals surface area contributed by atoms with E-state index in [4.69, 9.17) is 22.1 Å². The monoisotopic (exact) mass is 377 g/mol. The fourth-order valence-electron chi connectivity index (χ4n) is 2.93. The van der Waals surface area contributed by atoms with Gasteiger partial charge in [0.2, 0.25) is 0 Å². The number of ether oxygens (including phenoxy) is 1. The van der Waals surface area contributed by atoms with E-state index in [1.54, 1.807) is 7.11 Å². The van der Waals surface area contributed by atoms with Crippen molar-refractivity contribution in [1.82, 2.24) is 15.2 Å². The Morgan fingerprint density at radius 1 is 1.35 bits per heavy atom. The van der Waals surface area contributed by atoms with Gasteiger partial charge in [0.15, 0.2) is 5.11 Å². The first-order chi connectivity index (χ1) is 12.5. The number of thiocarbonyl (C=S) groups is 1. The first-order valence-corrected chi connectivity index (χ1v) is 9.12. The number of aliphatic hydroxyl groups is 1. The van der Waals surface area contributed by atoms with E-state index >= 15 is 0 Å². The number of hydrogen-bond acceptors (Lipinski definition) is 4. The normalized spacial score (nSPS) is 10.9. The van der Waals surface area contributed by atoms with Gasteiger partial charge in [-0.2, -0.15) is 0 Å². The molecule has 7 heteroatoms. The van der Waals surface area contributed by atoms with Crippen LogP contribution in [0.15, 0.2) is 23.0 Å². The first-order valence-electron chi connectivity index (χ1n) is 8.72. The Labute approximate surface area is 159 Å². The number of pyridine rings is 1. The summed E-state index contributed by atoms with van der Waals surface area (Å²) in [5.41, 5.74) is 3.63. The van der Waals surface area contributed by atoms with Gasteiger partial charge >= 0.3 is 0 Å². The number of H-pyrrole nitrogens is 1. The quantitative estimate of drug-likeness (QED) is 0.481. The maximum absolute atomic E-state index is 12.5. The van der Waals surface area contributed by atoms with E-state index in [2.05, 4.69) is 16.4 Å². The molecule has 0 unspecified atom stereocenters. The predicted molar refractivity (Wildman–Crippen MR) is 109 cm³/mol. The minimum atomic E-state index is -0.115. The van der Waals surface area contributed by atoms with Crippen LogP contribution in [0.4, 0.5) is 0 Å². The van der Waals surface area contributed by atoms with Gasteiger partial charge in [-0.05, 0) is 55.7 Å². The van der Waals surface area contributed by atoms with Gasteiger partial charge in [-0.3, -0.25) is 4.79 Å². The Morgan fingerprint density at radius 2 is 2.12 bits per heavy atom. The van der Waals surface area contributed by atoms with Gasteiger partial charge in [0.1, 0.15) is 0 Å². The average molecular weight is 378 g/mol. The lowest BCUT2D eigenvalue weighted by atomic mass is 10.0. The zero-order valence-corrected chi connectivity index (χ0v) is 16.4. The van der Waals surface area contributed by atoms with Gasteiger partial charge in [0.05, 0.1) is 13.2 Å². The Hall–Kier alpha value is -1.96. The summed E-state index contributed by atoms with van der Waals surface area (Å²) in [6, 6.07) is 6.02. The highest BCUT2D eigenvalue weighted by Gasteiger charge is 2.13. The van der Waals surface area contributed by atoms with Gasteiger partial charge in [-0.15, -0.1) is 0 Å². The van der Waals surface area contributed by atoms with E-state index in [-0.39, 0.29) is 12.2 Å². The van der Waals surface area contributed by atoms with Crippen LogP contribution in [0.1, 0.15) is 23.1 Å². The first kappa shape index (κ1) is 20.4. The average Bonchev–Trinajstić information content (AvgIpc) is 2.59. The molecule has 2 aromatic rings. The molecule has 0 amide bonds. The highest BCUT2D eigenvalue weighted by atomic mass is 32.1. The number of nitrogens with one attached hydrogen (secondary N) is 2. The molecule has 0 bridgehead atoms. The second-order valence-corrected chi connectivity index (χ2v) is 6.78. The Morgan fingerprint density at radius 3 is 2.81 bits per heavy atom. The van der Waals surface area contributed by atoms with Crippen LogP contribution in [-0.2, 0) is 11.3 Å². The fraction of sp³-hybridized carbons (Fsp3) is 0.474. The molecule has 2 rings (SSSR count). The summed E-state index contributed by atoms with van der Waals surface area (Å²) < 4.78 is 5.03. The van der Waals surface area contributed by atoms with Crippen LogP contribution in [0.25, 0.3) is 10.9 Å². The van der Waals surface area contributed by atoms with Crippen molar-refractivity contribution >= 4 is 28.2 Å². The van der Waals surface area contributed by atoms with Crippen molar-refractivity contribution in [2.75, 3.05) is 33.4 Å². The lowest BCUT2D eigenvalue weighted by molar-refractivity contribution is 0.202. The number of aliphatic hydroxyl groups excluding tert-OH is 1. The van der Waals surface area contributed by atoms with Crippen LogP contribution in [0.5, 0.6) is 0 Å². The van der Waals surface area contributed by atoms with Crippen LogP contribution in [0.2, 0.25) is 0 Å². The zero-order valence-electron chi connectivity index (χ0n) is 15.6. The number of hydrogen-bond donors (Lipinski definition) is 3. The summed E-state index contributed by atoms with van der Waals surface area (Å²) in [6.45, 7) is 6.22. The van der Waals surface area contributed by atoms with Crippen LogP contribution in [0, 0.1) is 13.8 Å². The molecule has 0 saturated heterocycles. The minimum absolute atomic E-state index is 0.0731. The van der Waals surface area contributed by atoms with Crippen LogP contribution >= 0.6 is 12.2 Å². The molecule has 0 spiro atoms. The number of rotatable bonds is 8. The highest BCUT2D eigenvalue weighted by Crippen LogP contribution is 2.19. The summed E-state index contributed by atoms with van der Waals surface area (Å²) in [7, 11) is 1.63. The molecule has 26 heavy (non-hydrogen) atoms. The van der Waals surface area contributed by atoms with Gasteiger partial charge in [0.25, 0.3) is 5.56 Å². The Bertz CT molecular complexity index is 820. The minimum Gasteiger partial charge on any atom is -0.396 e. The molecular formula is C19H27N3O3S. The zero-order chi connectivity index (χ0) is 19.1. The summed E-state index contributed by atoms with van der Waals surface area (Å²) in [6.07, 6.45) is 0.579. The van der Waals surface area contributed by atoms with Crippen LogP contribution < -0.4 is 10.9 Å². The predicted octanol–water partition coefficient (Wildman–Crippen LogP) is 1.85. The summed E-state index contributed by atoms with van der Waals surface area (Å²) in [5, 5.41) is 13.9. The standard InChI is InChI=1S/C19H27N3O3S/c1-13-9-14(2)16-11-15(18(24)21-17(16)10-13)12-22(6-4-7-23)19(26)20-5-8-25-3/h9-11,23H,4-8,12H2,1-3H3,(H,20,26)(H,21,24). The molecule has 0 fully saturated rings. The summed E-state index contributed by atoms with van der Waals surface area (Å²) in [4.78, 5) is 17.4. The fourth-order valence-corrected chi connectivity index (χ4v) is 3.18. The number of nitrogens with zero attached hydrogens (tertiary/aromatic N) is 1. The Balaban J connectivity index is 2.27. The molecule has 0 aliphatic heterocycles. The molecule has 0 radical (unpaired) electrons. The number of benzene rings is 1. The third-order valence-corrected chi connectivity index (χ3v) is 4.61. The second-order valence-electron chi connectivity index (χ2n) is 6.39. The van der Waals surface area contributed by atoms with Crippen molar-refractivity contribution < 1.29 is 9.84 Å². The Kier molecular flexibility index (Phi) is 7.56. The third-order valence-electron chi connectivity index (χ3n) is 4.21. The summed E-state index contributed by atoms with van der Waals surface area (Å²) >= 11 is 5.45. The number of aromatic amines is 1. The van der Waals surface area contributed by atoms with Crippen molar-refractivity contribution in [2.45, 2.75) is 26.8 Å². The smallest absolute Gasteiger partial charge is 0.253 e. The third kappa shape index (κ3) is 5.27. The van der Waals surface area contributed by atoms with E-state index < -0.39 is 0 Å². The number of fused-ring (bicyclic) bond motifs is 1. The molecule has 3 N–H and O–H groups in total. The van der Waals surface area contributed by atoms with E-state index in [0.717, 1.165) is 22.0 Å². The molecule has 6 nitrogen and oxygen atoms in total. The number of methoxy groups -OCH3 is 1. The van der Waals surface area contributed by atoms with Crippen LogP contribution in [0.3, 0.4) is 0 Å². The van der Waals surface area contributed by atoms with Crippen molar-refractivity contribution in [1.29, 1.82) is 0 Å². The lowest BCUT2D eigenvalue weighted by Crippen LogP contribution is -2.42. The molecule has 0 aliphatic rings. The number of aromatic nitrogens is 1.